The Labute approximate surface area is 116 Å². The fourth-order valence-electron chi connectivity index (χ4n) is 1.61. The van der Waals surface area contributed by atoms with E-state index >= 15 is 0 Å². The van der Waals surface area contributed by atoms with Crippen molar-refractivity contribution >= 4 is 34.2 Å². The number of aryl methyl sites for hydroxylation is 1. The molecule has 2 rings (SSSR count). The minimum atomic E-state index is 0.430. The molecule has 3 nitrogen and oxygen atoms in total. The van der Waals surface area contributed by atoms with Gasteiger partial charge in [-0.25, -0.2) is 4.98 Å². The standard InChI is InChI=1S/C13H15N3S2/c1-9-16-12(8-18-9)6-7-15-11-4-2-10(3-5-11)13(14)17/h2-5,8,15H,6-7H2,1H3,(H2,14,17). The molecule has 1 heterocycles. The van der Waals surface area contributed by atoms with E-state index in [1.807, 2.05) is 31.2 Å². The Bertz CT molecular complexity index is 531. The summed E-state index contributed by atoms with van der Waals surface area (Å²) < 4.78 is 0. The van der Waals surface area contributed by atoms with Gasteiger partial charge in [0, 0.05) is 29.6 Å². The fourth-order valence-corrected chi connectivity index (χ4v) is 2.39. The zero-order chi connectivity index (χ0) is 13.0. The molecule has 0 aliphatic heterocycles. The lowest BCUT2D eigenvalue weighted by Crippen LogP contribution is -2.09. The third kappa shape index (κ3) is 3.51. The molecule has 18 heavy (non-hydrogen) atoms. The Morgan fingerprint density at radius 3 is 2.67 bits per heavy atom. The first-order valence-electron chi connectivity index (χ1n) is 5.70. The van der Waals surface area contributed by atoms with E-state index in [9.17, 15) is 0 Å². The number of anilines is 1. The summed E-state index contributed by atoms with van der Waals surface area (Å²) in [7, 11) is 0. The molecule has 0 saturated carbocycles. The minimum absolute atomic E-state index is 0.430. The highest BCUT2D eigenvalue weighted by atomic mass is 32.1. The third-order valence-corrected chi connectivity index (χ3v) is 3.60. The predicted molar refractivity (Wildman–Crippen MR) is 81.4 cm³/mol. The molecule has 0 unspecified atom stereocenters. The van der Waals surface area contributed by atoms with Crippen molar-refractivity contribution in [2.24, 2.45) is 5.73 Å². The molecular formula is C13H15N3S2. The molecule has 0 radical (unpaired) electrons. The quantitative estimate of drug-likeness (QED) is 0.825. The summed E-state index contributed by atoms with van der Waals surface area (Å²) in [5.41, 5.74) is 8.65. The molecule has 3 N–H and O–H groups in total. The lowest BCUT2D eigenvalue weighted by molar-refractivity contribution is 0.968. The van der Waals surface area contributed by atoms with Crippen molar-refractivity contribution in [2.75, 3.05) is 11.9 Å². The van der Waals surface area contributed by atoms with Gasteiger partial charge in [0.25, 0.3) is 0 Å². The van der Waals surface area contributed by atoms with E-state index in [1.165, 1.54) is 0 Å². The predicted octanol–water partition coefficient (Wildman–Crippen LogP) is 2.74. The highest BCUT2D eigenvalue weighted by Gasteiger charge is 1.99. The Hall–Kier alpha value is -1.46. The van der Waals surface area contributed by atoms with Crippen LogP contribution in [0.5, 0.6) is 0 Å². The number of nitrogens with one attached hydrogen (secondary N) is 1. The molecule has 1 aromatic carbocycles. The van der Waals surface area contributed by atoms with Crippen LogP contribution in [0.3, 0.4) is 0 Å². The molecule has 0 spiro atoms. The summed E-state index contributed by atoms with van der Waals surface area (Å²) in [6.07, 6.45) is 0.932. The van der Waals surface area contributed by atoms with E-state index in [-0.39, 0.29) is 0 Å². The molecule has 0 aliphatic rings. The van der Waals surface area contributed by atoms with Gasteiger partial charge in [0.15, 0.2) is 0 Å². The van der Waals surface area contributed by atoms with Gasteiger partial charge >= 0.3 is 0 Å². The zero-order valence-corrected chi connectivity index (χ0v) is 11.8. The first-order chi connectivity index (χ1) is 8.65. The second-order valence-corrected chi connectivity index (χ2v) is 5.48. The Balaban J connectivity index is 1.85. The van der Waals surface area contributed by atoms with Gasteiger partial charge in [-0.1, -0.05) is 12.2 Å². The van der Waals surface area contributed by atoms with E-state index < -0.39 is 0 Å². The average Bonchev–Trinajstić information content (AvgIpc) is 2.76. The molecule has 0 atom stereocenters. The van der Waals surface area contributed by atoms with Crippen molar-refractivity contribution in [1.29, 1.82) is 0 Å². The number of thiazole rings is 1. The molecule has 0 bridgehead atoms. The largest absolute Gasteiger partial charge is 0.389 e. The average molecular weight is 277 g/mol. The van der Waals surface area contributed by atoms with Gasteiger partial charge in [0.1, 0.15) is 4.99 Å². The smallest absolute Gasteiger partial charge is 0.103 e. The van der Waals surface area contributed by atoms with E-state index in [1.54, 1.807) is 11.3 Å². The van der Waals surface area contributed by atoms with Gasteiger partial charge in [-0.3, -0.25) is 0 Å². The summed E-state index contributed by atoms with van der Waals surface area (Å²) in [6, 6.07) is 7.83. The molecule has 0 aliphatic carbocycles. The topological polar surface area (TPSA) is 50.9 Å². The number of benzene rings is 1. The third-order valence-electron chi connectivity index (χ3n) is 2.55. The molecule has 0 saturated heterocycles. The second-order valence-electron chi connectivity index (χ2n) is 3.98. The van der Waals surface area contributed by atoms with Gasteiger partial charge in [-0.05, 0) is 31.2 Å². The lowest BCUT2D eigenvalue weighted by atomic mass is 10.2. The van der Waals surface area contributed by atoms with Gasteiger partial charge in [-0.2, -0.15) is 0 Å². The number of thiocarbonyl (C=S) groups is 1. The Morgan fingerprint density at radius 1 is 1.39 bits per heavy atom. The molecule has 94 valence electrons. The monoisotopic (exact) mass is 277 g/mol. The summed E-state index contributed by atoms with van der Waals surface area (Å²) >= 11 is 6.60. The highest BCUT2D eigenvalue weighted by molar-refractivity contribution is 7.80. The van der Waals surface area contributed by atoms with Gasteiger partial charge in [0.2, 0.25) is 0 Å². The van der Waals surface area contributed by atoms with Crippen molar-refractivity contribution < 1.29 is 0 Å². The molecule has 2 aromatic rings. The molecule has 5 heteroatoms. The molecule has 0 fully saturated rings. The maximum atomic E-state index is 5.55. The minimum Gasteiger partial charge on any atom is -0.389 e. The van der Waals surface area contributed by atoms with Crippen molar-refractivity contribution in [2.45, 2.75) is 13.3 Å². The normalized spacial score (nSPS) is 10.3. The van der Waals surface area contributed by atoms with Gasteiger partial charge < -0.3 is 11.1 Å². The number of hydrogen-bond donors (Lipinski definition) is 2. The van der Waals surface area contributed by atoms with Gasteiger partial charge in [-0.15, -0.1) is 11.3 Å². The lowest BCUT2D eigenvalue weighted by Gasteiger charge is -2.06. The van der Waals surface area contributed by atoms with E-state index in [2.05, 4.69) is 15.7 Å². The molecular weight excluding hydrogens is 262 g/mol. The summed E-state index contributed by atoms with van der Waals surface area (Å²) in [4.78, 5) is 4.85. The number of rotatable bonds is 5. The summed E-state index contributed by atoms with van der Waals surface area (Å²) in [5.74, 6) is 0. The van der Waals surface area contributed by atoms with Crippen LogP contribution >= 0.6 is 23.6 Å². The Morgan fingerprint density at radius 2 is 2.11 bits per heavy atom. The molecule has 1 aromatic heterocycles. The SMILES string of the molecule is Cc1nc(CCNc2ccc(C(N)=S)cc2)cs1. The van der Waals surface area contributed by atoms with Crippen LogP contribution in [-0.4, -0.2) is 16.5 Å². The number of hydrogen-bond acceptors (Lipinski definition) is 4. The zero-order valence-electron chi connectivity index (χ0n) is 10.1. The van der Waals surface area contributed by atoms with Crippen LogP contribution in [0.1, 0.15) is 16.3 Å². The van der Waals surface area contributed by atoms with Crippen LogP contribution < -0.4 is 11.1 Å². The van der Waals surface area contributed by atoms with Crippen LogP contribution in [0.15, 0.2) is 29.6 Å². The first-order valence-corrected chi connectivity index (χ1v) is 6.98. The van der Waals surface area contributed by atoms with E-state index in [0.717, 1.165) is 34.9 Å². The maximum Gasteiger partial charge on any atom is 0.103 e. The summed E-state index contributed by atoms with van der Waals surface area (Å²) in [6.45, 7) is 2.89. The second kappa shape index (κ2) is 5.93. The van der Waals surface area contributed by atoms with Crippen molar-refractivity contribution in [3.05, 3.63) is 45.9 Å². The molecule has 0 amide bonds. The van der Waals surface area contributed by atoms with Crippen LogP contribution in [0, 0.1) is 6.92 Å². The van der Waals surface area contributed by atoms with Crippen LogP contribution in [0.2, 0.25) is 0 Å². The van der Waals surface area contributed by atoms with Crippen LogP contribution in [0.25, 0.3) is 0 Å². The summed E-state index contributed by atoms with van der Waals surface area (Å²) in [5, 5.41) is 6.57. The van der Waals surface area contributed by atoms with Crippen molar-refractivity contribution in [1.82, 2.24) is 4.98 Å². The first kappa shape index (κ1) is 13.0. The van der Waals surface area contributed by atoms with Crippen molar-refractivity contribution in [3.63, 3.8) is 0 Å². The maximum absolute atomic E-state index is 5.55. The van der Waals surface area contributed by atoms with E-state index in [0.29, 0.717) is 4.99 Å². The highest BCUT2D eigenvalue weighted by Crippen LogP contribution is 2.11. The van der Waals surface area contributed by atoms with E-state index in [4.69, 9.17) is 18.0 Å². The van der Waals surface area contributed by atoms with Crippen molar-refractivity contribution in [3.8, 4) is 0 Å². The Kier molecular flexibility index (Phi) is 4.28. The van der Waals surface area contributed by atoms with Crippen LogP contribution in [0.4, 0.5) is 5.69 Å². The van der Waals surface area contributed by atoms with Crippen LogP contribution in [-0.2, 0) is 6.42 Å². The number of aromatic nitrogens is 1. The number of nitrogens with zero attached hydrogens (tertiary/aromatic N) is 1. The number of nitrogens with two attached hydrogens (primary N) is 1. The fraction of sp³-hybridized carbons (Fsp3) is 0.231. The van der Waals surface area contributed by atoms with Gasteiger partial charge in [0.05, 0.1) is 10.7 Å².